The summed E-state index contributed by atoms with van der Waals surface area (Å²) >= 11 is 0. The van der Waals surface area contributed by atoms with E-state index in [0.717, 1.165) is 6.54 Å². The van der Waals surface area contributed by atoms with Gasteiger partial charge in [0.25, 0.3) is 0 Å². The first-order valence-corrected chi connectivity index (χ1v) is 5.71. The average Bonchev–Trinajstić information content (AvgIpc) is 1.82. The fraction of sp³-hybridized carbons (Fsp3) is 0.750. The van der Waals surface area contributed by atoms with Crippen LogP contribution in [0.4, 0.5) is 0 Å². The maximum atomic E-state index is 10.3. The molecule has 0 amide bonds. The van der Waals surface area contributed by atoms with Gasteiger partial charge in [-0.2, -0.15) is 0 Å². The van der Waals surface area contributed by atoms with Crippen LogP contribution in [0, 0.1) is 0 Å². The van der Waals surface area contributed by atoms with E-state index < -0.39 is 10.1 Å². The van der Waals surface area contributed by atoms with E-state index in [2.05, 4.69) is 6.58 Å². The van der Waals surface area contributed by atoms with Gasteiger partial charge in [0, 0.05) is 12.2 Å². The Kier molecular flexibility index (Phi) is 4.60. The summed E-state index contributed by atoms with van der Waals surface area (Å²) in [4.78, 5) is 0. The maximum absolute atomic E-state index is 10.3. The number of nitrogens with zero attached hydrogens (tertiary/aromatic N) is 1. The first-order chi connectivity index (χ1) is 5.77. The quantitative estimate of drug-likeness (QED) is 0.355. The number of hydrogen-bond acceptors (Lipinski definition) is 3. The topological polar surface area (TPSA) is 57.2 Å². The molecule has 13 heavy (non-hydrogen) atoms. The molecule has 0 aliphatic rings. The maximum Gasteiger partial charge on any atom is 0.0966 e. The molecule has 0 fully saturated rings. The Morgan fingerprint density at radius 2 is 2.00 bits per heavy atom. The largest absolute Gasteiger partial charge is 0.748 e. The molecule has 0 rings (SSSR count). The van der Waals surface area contributed by atoms with Crippen molar-refractivity contribution in [2.75, 3.05) is 32.9 Å². The number of rotatable bonds is 6. The number of hydrogen-bond donors (Lipinski definition) is 0. The lowest BCUT2D eigenvalue weighted by molar-refractivity contribution is -0.884. The molecule has 5 heteroatoms. The third-order valence-electron chi connectivity index (χ3n) is 1.78. The molecule has 0 saturated heterocycles. The summed E-state index contributed by atoms with van der Waals surface area (Å²) in [5.74, 6) is -0.272. The molecule has 0 aliphatic carbocycles. The minimum absolute atomic E-state index is 0.272. The fourth-order valence-corrected chi connectivity index (χ4v) is 1.59. The van der Waals surface area contributed by atoms with Gasteiger partial charge in [-0.1, -0.05) is 6.58 Å². The van der Waals surface area contributed by atoms with Crippen molar-refractivity contribution in [3.05, 3.63) is 12.7 Å². The van der Waals surface area contributed by atoms with Gasteiger partial charge >= 0.3 is 0 Å². The van der Waals surface area contributed by atoms with E-state index in [0.29, 0.717) is 17.4 Å². The first-order valence-electron chi connectivity index (χ1n) is 4.13. The second kappa shape index (κ2) is 4.74. The molecular weight excluding hydrogens is 190 g/mol. The van der Waals surface area contributed by atoms with Crippen LogP contribution in [0.2, 0.25) is 0 Å². The highest BCUT2D eigenvalue weighted by Crippen LogP contribution is 2.00. The lowest BCUT2D eigenvalue weighted by Crippen LogP contribution is -2.41. The Morgan fingerprint density at radius 3 is 2.38 bits per heavy atom. The van der Waals surface area contributed by atoms with Gasteiger partial charge in [-0.15, -0.1) is 0 Å². The van der Waals surface area contributed by atoms with Crippen LogP contribution < -0.4 is 0 Å². The van der Waals surface area contributed by atoms with Crippen molar-refractivity contribution in [3.63, 3.8) is 0 Å². The Morgan fingerprint density at radius 1 is 1.46 bits per heavy atom. The molecule has 4 nitrogen and oxygen atoms in total. The van der Waals surface area contributed by atoms with Crippen molar-refractivity contribution in [2.24, 2.45) is 0 Å². The SMILES string of the molecule is C=CC[N+](C)(C)CCCS(=O)(=O)[O-]. The molecule has 0 N–H and O–H groups in total. The summed E-state index contributed by atoms with van der Waals surface area (Å²) < 4.78 is 31.5. The van der Waals surface area contributed by atoms with Crippen LogP contribution in [0.25, 0.3) is 0 Å². The zero-order valence-corrected chi connectivity index (χ0v) is 9.01. The Bertz CT molecular complexity index is 257. The van der Waals surface area contributed by atoms with Gasteiger partial charge < -0.3 is 9.04 Å². The summed E-state index contributed by atoms with van der Waals surface area (Å²) in [6, 6.07) is 0. The van der Waals surface area contributed by atoms with Gasteiger partial charge in [0.1, 0.15) is 0 Å². The number of likely N-dealkylation sites (N-methyl/N-ethyl adjacent to an activating group) is 1. The molecule has 0 aromatic rings. The second-order valence-corrected chi connectivity index (χ2v) is 5.27. The standard InChI is InChI=1S/C8H17NO3S/c1-4-6-9(2,3)7-5-8-13(10,11)12/h4H,1,5-8H2,2-3H3. The highest BCUT2D eigenvalue weighted by Gasteiger charge is 2.12. The smallest absolute Gasteiger partial charge is 0.0966 e. The zero-order chi connectivity index (χ0) is 10.5. The first kappa shape index (κ1) is 12.6. The van der Waals surface area contributed by atoms with E-state index in [1.54, 1.807) is 6.08 Å². The van der Waals surface area contributed by atoms with E-state index in [1.165, 1.54) is 0 Å². The number of quaternary nitrogens is 1. The molecule has 0 spiro atoms. The van der Waals surface area contributed by atoms with Crippen LogP contribution in [0.3, 0.4) is 0 Å². The van der Waals surface area contributed by atoms with Crippen LogP contribution >= 0.6 is 0 Å². The minimum atomic E-state index is -4.05. The molecule has 0 atom stereocenters. The van der Waals surface area contributed by atoms with Crippen LogP contribution in [-0.2, 0) is 10.1 Å². The summed E-state index contributed by atoms with van der Waals surface area (Å²) in [7, 11) is -0.105. The zero-order valence-electron chi connectivity index (χ0n) is 8.19. The summed E-state index contributed by atoms with van der Waals surface area (Å²) in [5, 5.41) is 0. The van der Waals surface area contributed by atoms with Crippen molar-refractivity contribution in [1.82, 2.24) is 0 Å². The molecule has 0 aromatic heterocycles. The molecule has 0 bridgehead atoms. The van der Waals surface area contributed by atoms with Gasteiger partial charge in [-0.25, -0.2) is 8.42 Å². The van der Waals surface area contributed by atoms with Crippen molar-refractivity contribution >= 4 is 10.1 Å². The average molecular weight is 207 g/mol. The van der Waals surface area contributed by atoms with E-state index >= 15 is 0 Å². The van der Waals surface area contributed by atoms with Gasteiger partial charge in [-0.3, -0.25) is 0 Å². The van der Waals surface area contributed by atoms with Gasteiger partial charge in [0.15, 0.2) is 0 Å². The normalized spacial score (nSPS) is 12.8. The summed E-state index contributed by atoms with van der Waals surface area (Å²) in [6.07, 6.45) is 2.19. The Balaban J connectivity index is 3.82. The van der Waals surface area contributed by atoms with E-state index in [1.807, 2.05) is 14.1 Å². The Labute approximate surface area is 80.2 Å². The van der Waals surface area contributed by atoms with Gasteiger partial charge in [0.05, 0.1) is 37.3 Å². The predicted molar refractivity (Wildman–Crippen MR) is 51.2 cm³/mol. The second-order valence-electron chi connectivity index (χ2n) is 3.75. The fourth-order valence-electron chi connectivity index (χ4n) is 1.11. The van der Waals surface area contributed by atoms with Gasteiger partial charge in [-0.05, 0) is 6.08 Å². The molecule has 0 unspecified atom stereocenters. The molecule has 0 saturated carbocycles. The van der Waals surface area contributed by atoms with E-state index in [9.17, 15) is 13.0 Å². The van der Waals surface area contributed by atoms with Crippen LogP contribution in [0.5, 0.6) is 0 Å². The lowest BCUT2D eigenvalue weighted by atomic mass is 10.3. The molecule has 0 radical (unpaired) electrons. The monoisotopic (exact) mass is 207 g/mol. The van der Waals surface area contributed by atoms with Crippen molar-refractivity contribution in [3.8, 4) is 0 Å². The third kappa shape index (κ3) is 7.95. The molecule has 0 heterocycles. The molecule has 78 valence electrons. The highest BCUT2D eigenvalue weighted by atomic mass is 32.2. The molecule has 0 aromatic carbocycles. The van der Waals surface area contributed by atoms with Crippen LogP contribution in [-0.4, -0.2) is 50.4 Å². The predicted octanol–water partition coefficient (Wildman–Crippen LogP) is 0.184. The third-order valence-corrected chi connectivity index (χ3v) is 2.57. The van der Waals surface area contributed by atoms with Gasteiger partial charge in [0.2, 0.25) is 0 Å². The van der Waals surface area contributed by atoms with E-state index in [-0.39, 0.29) is 5.75 Å². The van der Waals surface area contributed by atoms with Crippen molar-refractivity contribution < 1.29 is 17.5 Å². The lowest BCUT2D eigenvalue weighted by Gasteiger charge is -2.28. The Hall–Kier alpha value is -0.390. The summed E-state index contributed by atoms with van der Waals surface area (Å²) in [6.45, 7) is 5.06. The molecule has 0 aliphatic heterocycles. The van der Waals surface area contributed by atoms with Crippen LogP contribution in [0.15, 0.2) is 12.7 Å². The summed E-state index contributed by atoms with van der Waals surface area (Å²) in [5.41, 5.74) is 0. The highest BCUT2D eigenvalue weighted by molar-refractivity contribution is 7.85. The van der Waals surface area contributed by atoms with Crippen molar-refractivity contribution in [2.45, 2.75) is 6.42 Å². The molecular formula is C8H17NO3S. The van der Waals surface area contributed by atoms with E-state index in [4.69, 9.17) is 0 Å². The van der Waals surface area contributed by atoms with Crippen molar-refractivity contribution in [1.29, 1.82) is 0 Å². The van der Waals surface area contributed by atoms with Crippen LogP contribution in [0.1, 0.15) is 6.42 Å². The minimum Gasteiger partial charge on any atom is -0.748 e.